The van der Waals surface area contributed by atoms with Crippen molar-refractivity contribution >= 4 is 56.3 Å². The summed E-state index contributed by atoms with van der Waals surface area (Å²) in [6, 6.07) is 26.0. The van der Waals surface area contributed by atoms with Gasteiger partial charge in [0.05, 0.1) is 11.4 Å². The molecule has 0 heterocycles. The molecule has 12 heteroatoms. The summed E-state index contributed by atoms with van der Waals surface area (Å²) in [4.78, 5) is 9.90. The van der Waals surface area contributed by atoms with Crippen LogP contribution >= 0.6 is 0 Å². The van der Waals surface area contributed by atoms with Crippen LogP contribution in [0.2, 0.25) is 0 Å². The van der Waals surface area contributed by atoms with Gasteiger partial charge in [-0.3, -0.25) is 9.98 Å². The molecule has 0 aromatic heterocycles. The van der Waals surface area contributed by atoms with Crippen molar-refractivity contribution in [2.75, 3.05) is 11.5 Å². The van der Waals surface area contributed by atoms with Gasteiger partial charge in [0.1, 0.15) is 0 Å². The largest absolute Gasteiger partial charge is 0.661 e. The maximum Gasteiger partial charge on any atom is 0.152 e. The van der Waals surface area contributed by atoms with E-state index < -0.39 is 22.2 Å². The maximum atomic E-state index is 9.48. The van der Waals surface area contributed by atoms with Crippen molar-refractivity contribution in [3.8, 4) is 0 Å². The average Bonchev–Trinajstić information content (AvgIpc) is 3.29. The molecule has 0 saturated carbocycles. The maximum absolute atomic E-state index is 9.48. The summed E-state index contributed by atoms with van der Waals surface area (Å²) < 4.78 is 34.6. The zero-order valence-corrected chi connectivity index (χ0v) is 50.5. The number of benzene rings is 4. The van der Waals surface area contributed by atoms with Crippen LogP contribution in [0.1, 0.15) is 141 Å². The number of allylic oxidation sites excluding steroid dienone is 4. The topological polar surface area (TPSA) is 128 Å². The van der Waals surface area contributed by atoms with Gasteiger partial charge in [0.2, 0.25) is 0 Å². The van der Waals surface area contributed by atoms with Gasteiger partial charge in [0.15, 0.2) is 22.2 Å². The molecule has 4 aromatic carbocycles. The third-order valence-electron chi connectivity index (χ3n) is 10.3. The first kappa shape index (κ1) is 64.8. The van der Waals surface area contributed by atoms with Crippen LogP contribution in [-0.2, 0) is 112 Å². The second-order valence-electron chi connectivity index (χ2n) is 15.0. The average molecular weight is 1040 g/mol. The van der Waals surface area contributed by atoms with E-state index in [1.54, 1.807) is 13.8 Å². The summed E-state index contributed by atoms with van der Waals surface area (Å²) in [5, 5.41) is 9.90. The molecule has 2 N–H and O–H groups in total. The fourth-order valence-corrected chi connectivity index (χ4v) is 6.87. The molecule has 8 nitrogen and oxygen atoms in total. The zero-order chi connectivity index (χ0) is 48.2. The minimum Gasteiger partial charge on any atom is -0.661 e. The predicted octanol–water partition coefficient (Wildman–Crippen LogP) is 15.7. The van der Waals surface area contributed by atoms with Crippen LogP contribution in [0.25, 0.3) is 10.6 Å². The second kappa shape index (κ2) is 36.8. The molecule has 0 aliphatic carbocycles. The quantitative estimate of drug-likeness (QED) is 0.0584. The number of nitrogens with zero attached hydrogens (tertiary/aromatic N) is 4. The van der Waals surface area contributed by atoms with Crippen LogP contribution in [0.4, 0.5) is 22.7 Å². The fourth-order valence-electron chi connectivity index (χ4n) is 6.87. The zero-order valence-electron chi connectivity index (χ0n) is 42.9. The molecule has 0 fully saturated rings. The number of rotatable bonds is 18. The number of aliphatic imine (C=N–C) groups is 2. The second-order valence-corrected chi connectivity index (χ2v) is 17.5. The molecule has 2 atom stereocenters. The minimum atomic E-state index is -1.57. The molecule has 2 unspecified atom stereocenters. The van der Waals surface area contributed by atoms with E-state index in [9.17, 15) is 8.42 Å². The first-order chi connectivity index (χ1) is 30.6. The molecular formula is C54H78N4O4S2Zn2-2. The minimum absolute atomic E-state index is 0. The fraction of sp³-hybridized carbons (Fsp3) is 0.444. The van der Waals surface area contributed by atoms with Crippen LogP contribution in [-0.4, -0.2) is 40.5 Å². The number of aryl methyl sites for hydroxylation is 8. The predicted molar refractivity (Wildman–Crippen MR) is 283 cm³/mol. The van der Waals surface area contributed by atoms with Crippen LogP contribution in [0.5, 0.6) is 0 Å². The molecule has 0 amide bonds. The van der Waals surface area contributed by atoms with Crippen LogP contribution in [0.3, 0.4) is 0 Å². The normalized spacial score (nSPS) is 12.4. The van der Waals surface area contributed by atoms with E-state index >= 15 is 0 Å². The standard InChI is InChI=1S/2C25H33N2.2C2H6O2S.2Zn/c2*1-7-20-13-11-14-21(8-2)24(20)26-18(5)17-19(6)27-25-22(9-3)15-12-16-23(25)10-4;2*1-2-5(3)4;;/h2*11-17H,7-10H2,1-6H3;2*2H2,1H3,(H,3,4);;/q2*-1;;;;/b2*18-17-,27-19?;;;;. The van der Waals surface area contributed by atoms with Gasteiger partial charge in [-0.05, 0) is 87.5 Å². The molecule has 4 aromatic rings. The first-order valence-electron chi connectivity index (χ1n) is 23.1. The van der Waals surface area contributed by atoms with Gasteiger partial charge in [-0.25, -0.2) is 8.42 Å². The van der Waals surface area contributed by atoms with E-state index in [1.165, 1.54) is 44.5 Å². The van der Waals surface area contributed by atoms with Crippen molar-refractivity contribution in [1.29, 1.82) is 0 Å². The Labute approximate surface area is 431 Å². The van der Waals surface area contributed by atoms with E-state index in [0.29, 0.717) is 11.5 Å². The number of para-hydroxylation sites is 4. The summed E-state index contributed by atoms with van der Waals surface area (Å²) in [7, 11) is 0. The van der Waals surface area contributed by atoms with Crippen molar-refractivity contribution in [2.24, 2.45) is 9.98 Å². The van der Waals surface area contributed by atoms with Gasteiger partial charge in [-0.15, -0.1) is 11.4 Å². The van der Waals surface area contributed by atoms with E-state index in [-0.39, 0.29) is 39.0 Å². The molecule has 356 valence electrons. The Morgan fingerprint density at radius 1 is 0.439 bits per heavy atom. The Hall–Kier alpha value is -3.23. The van der Waals surface area contributed by atoms with Crippen LogP contribution in [0, 0.1) is 0 Å². The van der Waals surface area contributed by atoms with Crippen LogP contribution < -0.4 is 0 Å². The monoisotopic (exact) mass is 1040 g/mol. The van der Waals surface area contributed by atoms with Gasteiger partial charge < -0.3 is 19.7 Å². The Morgan fingerprint density at radius 2 is 0.636 bits per heavy atom. The van der Waals surface area contributed by atoms with Gasteiger partial charge in [-0.2, -0.15) is 11.4 Å². The van der Waals surface area contributed by atoms with Gasteiger partial charge in [0, 0.05) is 61.9 Å². The summed E-state index contributed by atoms with van der Waals surface area (Å²) in [6.07, 6.45) is 12.2. The van der Waals surface area contributed by atoms with Crippen LogP contribution in [0.15, 0.2) is 106 Å². The summed E-state index contributed by atoms with van der Waals surface area (Å²) >= 11 is -3.15. The molecule has 0 radical (unpaired) electrons. The molecule has 0 aliphatic heterocycles. The summed E-state index contributed by atoms with van der Waals surface area (Å²) in [5.74, 6) is 0.667. The Bertz CT molecular complexity index is 1980. The smallest absolute Gasteiger partial charge is 0.152 e. The van der Waals surface area contributed by atoms with E-state index in [1.807, 2.05) is 0 Å². The Morgan fingerprint density at radius 3 is 0.818 bits per heavy atom. The molecule has 0 bridgehead atoms. The first-order valence-corrected chi connectivity index (χ1v) is 25.6. The summed E-state index contributed by atoms with van der Waals surface area (Å²) in [5.41, 5.74) is 19.0. The molecule has 0 saturated heterocycles. The van der Waals surface area contributed by atoms with Gasteiger partial charge in [0.25, 0.3) is 0 Å². The molecule has 4 rings (SSSR count). The molecule has 66 heavy (non-hydrogen) atoms. The van der Waals surface area contributed by atoms with Crippen molar-refractivity contribution in [3.05, 3.63) is 151 Å². The molecule has 0 spiro atoms. The third kappa shape index (κ3) is 23.2. The number of hydrogen-bond donors (Lipinski definition) is 2. The van der Waals surface area contributed by atoms with E-state index in [2.05, 4.69) is 168 Å². The van der Waals surface area contributed by atoms with Crippen molar-refractivity contribution < 1.29 is 56.5 Å². The third-order valence-corrected chi connectivity index (χ3v) is 11.3. The Kier molecular flexibility index (Phi) is 36.1. The number of hydrogen-bond acceptors (Lipinski definition) is 4. The Balaban J connectivity index is 0. The van der Waals surface area contributed by atoms with Crippen molar-refractivity contribution in [1.82, 2.24) is 0 Å². The molecule has 0 aliphatic rings. The molecular weight excluding hydrogens is 964 g/mol. The van der Waals surface area contributed by atoms with Crippen molar-refractivity contribution in [2.45, 2.75) is 148 Å². The van der Waals surface area contributed by atoms with Crippen molar-refractivity contribution in [3.63, 3.8) is 0 Å². The summed E-state index contributed by atoms with van der Waals surface area (Å²) in [6.45, 7) is 29.1. The SMILES string of the molecule is CCS(=O)O.CCS(=O)O.CCc1cccc(CC)c1N=C(C)/C=C(/C)[N-]c1c(CC)cccc1CC.CCc1cccc(CC)c1N=C(C)/C=C(/C)[N-]c1c(CC)cccc1CC.[Zn].[Zn]. The van der Waals surface area contributed by atoms with E-state index in [0.717, 1.165) is 96.9 Å². The van der Waals surface area contributed by atoms with E-state index in [4.69, 9.17) is 29.7 Å². The van der Waals surface area contributed by atoms with Gasteiger partial charge in [-0.1, -0.05) is 190 Å². The van der Waals surface area contributed by atoms with Gasteiger partial charge >= 0.3 is 0 Å².